The SMILES string of the molecule is CCCCCCCCNC(=O)CSc1ccc(C(=O)Nc2ccccc2OC)cc1[N+](=O)[O-]. The highest BCUT2D eigenvalue weighted by Crippen LogP contribution is 2.31. The minimum absolute atomic E-state index is 0.0728. The number of nitro benzene ring substituents is 1. The number of unbranched alkanes of at least 4 members (excludes halogenated alkanes) is 5. The minimum Gasteiger partial charge on any atom is -0.495 e. The van der Waals surface area contributed by atoms with Crippen LogP contribution < -0.4 is 15.4 Å². The van der Waals surface area contributed by atoms with Crippen LogP contribution in [0, 0.1) is 10.1 Å². The molecule has 0 spiro atoms. The molecule has 0 aliphatic heterocycles. The van der Waals surface area contributed by atoms with Crippen LogP contribution in [0.2, 0.25) is 0 Å². The third kappa shape index (κ3) is 8.76. The molecule has 0 bridgehead atoms. The van der Waals surface area contributed by atoms with E-state index in [2.05, 4.69) is 17.6 Å². The molecule has 0 fully saturated rings. The molecule has 0 saturated carbocycles. The van der Waals surface area contributed by atoms with Crippen molar-refractivity contribution < 1.29 is 19.2 Å². The van der Waals surface area contributed by atoms with Gasteiger partial charge < -0.3 is 15.4 Å². The second-order valence-electron chi connectivity index (χ2n) is 7.50. The second kappa shape index (κ2) is 14.2. The zero-order chi connectivity index (χ0) is 24.1. The van der Waals surface area contributed by atoms with E-state index in [1.807, 2.05) is 0 Å². The molecular formula is C24H31N3O5S. The predicted molar refractivity (Wildman–Crippen MR) is 131 cm³/mol. The van der Waals surface area contributed by atoms with Crippen LogP contribution in [0.15, 0.2) is 47.4 Å². The summed E-state index contributed by atoms with van der Waals surface area (Å²) >= 11 is 1.08. The van der Waals surface area contributed by atoms with E-state index in [0.717, 1.165) is 24.6 Å². The second-order valence-corrected chi connectivity index (χ2v) is 8.52. The highest BCUT2D eigenvalue weighted by Gasteiger charge is 2.19. The van der Waals surface area contributed by atoms with Gasteiger partial charge in [0.15, 0.2) is 0 Å². The summed E-state index contributed by atoms with van der Waals surface area (Å²) in [6.45, 7) is 2.78. The van der Waals surface area contributed by atoms with Crippen molar-refractivity contribution in [2.75, 3.05) is 24.7 Å². The number of anilines is 1. The molecule has 2 N–H and O–H groups in total. The van der Waals surface area contributed by atoms with Gasteiger partial charge in [0.25, 0.3) is 11.6 Å². The van der Waals surface area contributed by atoms with Crippen LogP contribution in [-0.4, -0.2) is 36.1 Å². The molecule has 0 unspecified atom stereocenters. The molecule has 0 radical (unpaired) electrons. The van der Waals surface area contributed by atoms with E-state index < -0.39 is 10.8 Å². The first-order valence-electron chi connectivity index (χ1n) is 11.1. The number of nitrogens with zero attached hydrogens (tertiary/aromatic N) is 1. The molecule has 0 saturated heterocycles. The standard InChI is InChI=1S/C24H31N3O5S/c1-3-4-5-6-7-10-15-25-23(28)17-33-22-14-13-18(16-20(22)27(30)31)24(29)26-19-11-8-9-12-21(19)32-2/h8-9,11-14,16H,3-7,10,15,17H2,1-2H3,(H,25,28)(H,26,29). The molecule has 2 aromatic rings. The number of nitro groups is 1. The van der Waals surface area contributed by atoms with Crippen molar-refractivity contribution in [1.82, 2.24) is 5.32 Å². The number of benzene rings is 2. The van der Waals surface area contributed by atoms with E-state index in [9.17, 15) is 19.7 Å². The number of methoxy groups -OCH3 is 1. The number of amides is 2. The maximum absolute atomic E-state index is 12.6. The van der Waals surface area contributed by atoms with Crippen LogP contribution in [0.5, 0.6) is 5.75 Å². The van der Waals surface area contributed by atoms with Crippen molar-refractivity contribution in [3.8, 4) is 5.75 Å². The highest BCUT2D eigenvalue weighted by molar-refractivity contribution is 8.00. The minimum atomic E-state index is -0.545. The van der Waals surface area contributed by atoms with Crippen LogP contribution in [0.4, 0.5) is 11.4 Å². The Labute approximate surface area is 198 Å². The number of rotatable bonds is 14. The fourth-order valence-electron chi connectivity index (χ4n) is 3.19. The summed E-state index contributed by atoms with van der Waals surface area (Å²) in [5.74, 6) is -0.0974. The fourth-order valence-corrected chi connectivity index (χ4v) is 4.03. The van der Waals surface area contributed by atoms with Gasteiger partial charge in [-0.1, -0.05) is 51.2 Å². The maximum Gasteiger partial charge on any atom is 0.283 e. The zero-order valence-corrected chi connectivity index (χ0v) is 19.9. The van der Waals surface area contributed by atoms with Gasteiger partial charge in [-0.2, -0.15) is 0 Å². The number of nitrogens with one attached hydrogen (secondary N) is 2. The smallest absolute Gasteiger partial charge is 0.283 e. The summed E-state index contributed by atoms with van der Waals surface area (Å²) in [6.07, 6.45) is 6.84. The van der Waals surface area contributed by atoms with Crippen molar-refractivity contribution in [1.29, 1.82) is 0 Å². The Kier molecular flexibility index (Phi) is 11.2. The van der Waals surface area contributed by atoms with E-state index in [1.54, 1.807) is 24.3 Å². The number of hydrogen-bond donors (Lipinski definition) is 2. The van der Waals surface area contributed by atoms with Gasteiger partial charge in [-0.3, -0.25) is 19.7 Å². The number of carbonyl (C=O) groups excluding carboxylic acids is 2. The van der Waals surface area contributed by atoms with Gasteiger partial charge in [0.05, 0.1) is 28.4 Å². The van der Waals surface area contributed by atoms with Gasteiger partial charge in [-0.15, -0.1) is 11.8 Å². The van der Waals surface area contributed by atoms with E-state index in [4.69, 9.17) is 4.74 Å². The number of ether oxygens (including phenoxy) is 1. The van der Waals surface area contributed by atoms with Crippen LogP contribution in [0.1, 0.15) is 55.8 Å². The molecule has 2 rings (SSSR count). The topological polar surface area (TPSA) is 111 Å². The normalized spacial score (nSPS) is 10.5. The quantitative estimate of drug-likeness (QED) is 0.164. The Balaban J connectivity index is 1.92. The fraction of sp³-hybridized carbons (Fsp3) is 0.417. The third-order valence-electron chi connectivity index (χ3n) is 4.98. The molecule has 2 aromatic carbocycles. The van der Waals surface area contributed by atoms with Gasteiger partial charge in [0, 0.05) is 18.2 Å². The van der Waals surface area contributed by atoms with Crippen molar-refractivity contribution in [2.45, 2.75) is 50.3 Å². The molecule has 0 aliphatic rings. The van der Waals surface area contributed by atoms with Crippen LogP contribution in [-0.2, 0) is 4.79 Å². The molecule has 8 nitrogen and oxygen atoms in total. The molecule has 0 heterocycles. The Morgan fingerprint density at radius 3 is 2.52 bits per heavy atom. The van der Waals surface area contributed by atoms with Gasteiger partial charge in [0.2, 0.25) is 5.91 Å². The third-order valence-corrected chi connectivity index (χ3v) is 6.05. The molecule has 0 aromatic heterocycles. The van der Waals surface area contributed by atoms with Gasteiger partial charge in [-0.05, 0) is 30.7 Å². The highest BCUT2D eigenvalue weighted by atomic mass is 32.2. The van der Waals surface area contributed by atoms with Gasteiger partial charge >= 0.3 is 0 Å². The first-order chi connectivity index (χ1) is 16.0. The van der Waals surface area contributed by atoms with Crippen molar-refractivity contribution in [3.63, 3.8) is 0 Å². The Morgan fingerprint density at radius 2 is 1.79 bits per heavy atom. The average Bonchev–Trinajstić information content (AvgIpc) is 2.82. The molecule has 0 aliphatic carbocycles. The molecule has 0 atom stereocenters. The summed E-state index contributed by atoms with van der Waals surface area (Å²) < 4.78 is 5.21. The lowest BCUT2D eigenvalue weighted by Gasteiger charge is -2.10. The van der Waals surface area contributed by atoms with Crippen molar-refractivity contribution in [2.24, 2.45) is 0 Å². The Morgan fingerprint density at radius 1 is 1.06 bits per heavy atom. The van der Waals surface area contributed by atoms with Gasteiger partial charge in [-0.25, -0.2) is 0 Å². The number of para-hydroxylation sites is 2. The van der Waals surface area contributed by atoms with Crippen LogP contribution in [0.25, 0.3) is 0 Å². The summed E-state index contributed by atoms with van der Waals surface area (Å²) in [4.78, 5) is 36.0. The molecule has 9 heteroatoms. The monoisotopic (exact) mass is 473 g/mol. The summed E-state index contributed by atoms with van der Waals surface area (Å²) in [5, 5.41) is 17.1. The molecular weight excluding hydrogens is 442 g/mol. The average molecular weight is 474 g/mol. The molecule has 178 valence electrons. The zero-order valence-electron chi connectivity index (χ0n) is 19.1. The van der Waals surface area contributed by atoms with Crippen molar-refractivity contribution in [3.05, 3.63) is 58.1 Å². The molecule has 33 heavy (non-hydrogen) atoms. The number of thioether (sulfide) groups is 1. The summed E-state index contributed by atoms with van der Waals surface area (Å²) in [6, 6.07) is 11.1. The predicted octanol–water partition coefficient (Wildman–Crippen LogP) is 5.42. The number of hydrogen-bond acceptors (Lipinski definition) is 6. The summed E-state index contributed by atoms with van der Waals surface area (Å²) in [7, 11) is 1.49. The summed E-state index contributed by atoms with van der Waals surface area (Å²) in [5.41, 5.74) is 0.397. The largest absolute Gasteiger partial charge is 0.495 e. The number of carbonyl (C=O) groups is 2. The Bertz CT molecular complexity index is 951. The van der Waals surface area contributed by atoms with Crippen LogP contribution in [0.3, 0.4) is 0 Å². The van der Waals surface area contributed by atoms with E-state index >= 15 is 0 Å². The van der Waals surface area contributed by atoms with Gasteiger partial charge in [0.1, 0.15) is 5.75 Å². The van der Waals surface area contributed by atoms with E-state index in [-0.39, 0.29) is 22.9 Å². The van der Waals surface area contributed by atoms with Crippen LogP contribution >= 0.6 is 11.8 Å². The lowest BCUT2D eigenvalue weighted by Crippen LogP contribution is -2.26. The maximum atomic E-state index is 12.6. The van der Waals surface area contributed by atoms with Crippen molar-refractivity contribution >= 4 is 35.0 Å². The Hall–Kier alpha value is -3.07. The lowest BCUT2D eigenvalue weighted by atomic mass is 10.1. The first-order valence-corrected chi connectivity index (χ1v) is 12.1. The van der Waals surface area contributed by atoms with E-state index in [0.29, 0.717) is 22.9 Å². The van der Waals surface area contributed by atoms with E-state index in [1.165, 1.54) is 51.0 Å². The lowest BCUT2D eigenvalue weighted by molar-refractivity contribution is -0.387. The first kappa shape index (κ1) is 26.2. The molecule has 2 amide bonds.